The lowest BCUT2D eigenvalue weighted by Gasteiger charge is -2.07. The Morgan fingerprint density at radius 1 is 1.25 bits per heavy atom. The molecule has 3 aromatic rings. The first-order valence-corrected chi connectivity index (χ1v) is 7.87. The monoisotopic (exact) mass is 324 g/mol. The molecule has 3 heterocycles. The summed E-state index contributed by atoms with van der Waals surface area (Å²) in [5.74, 6) is 1.33. The summed E-state index contributed by atoms with van der Waals surface area (Å²) < 4.78 is 1.94. The van der Waals surface area contributed by atoms with Crippen LogP contribution in [0.15, 0.2) is 41.6 Å². The Morgan fingerprint density at radius 3 is 2.79 bits per heavy atom. The Hall–Kier alpha value is -2.96. The molecule has 0 aliphatic rings. The number of pyridine rings is 1. The zero-order valence-corrected chi connectivity index (χ0v) is 13.8. The van der Waals surface area contributed by atoms with E-state index in [9.17, 15) is 4.79 Å². The molecule has 2 N–H and O–H groups in total. The first-order chi connectivity index (χ1) is 11.6. The van der Waals surface area contributed by atoms with Crippen LogP contribution < -0.4 is 10.9 Å². The summed E-state index contributed by atoms with van der Waals surface area (Å²) in [5.41, 5.74) is 2.48. The standard InChI is InChI=1S/C17H20N6O/c1-12-9-20-23(11-12)7-3-6-18-15-5-4-14(10-19-15)17-21-13(2)8-16(24)22-17/h4-5,8-11H,3,6-7H2,1-2H3,(H,18,19)(H,21,22,24). The molecule has 7 nitrogen and oxygen atoms in total. The van der Waals surface area contributed by atoms with E-state index in [2.05, 4.69) is 25.4 Å². The van der Waals surface area contributed by atoms with Crippen molar-refractivity contribution in [2.24, 2.45) is 0 Å². The Bertz CT molecular complexity index is 865. The van der Waals surface area contributed by atoms with E-state index in [1.54, 1.807) is 13.1 Å². The maximum absolute atomic E-state index is 11.5. The SMILES string of the molecule is Cc1cnn(CCCNc2ccc(-c3nc(C)cc(=O)[nH]3)cn2)c1. The molecule has 0 atom stereocenters. The molecule has 24 heavy (non-hydrogen) atoms. The molecule has 7 heteroatoms. The number of anilines is 1. The average Bonchev–Trinajstić information content (AvgIpc) is 2.97. The summed E-state index contributed by atoms with van der Waals surface area (Å²) in [5, 5.41) is 7.54. The van der Waals surface area contributed by atoms with Crippen molar-refractivity contribution in [3.05, 3.63) is 58.4 Å². The summed E-state index contributed by atoms with van der Waals surface area (Å²) in [6.07, 6.45) is 6.55. The third-order valence-corrected chi connectivity index (χ3v) is 3.54. The summed E-state index contributed by atoms with van der Waals surface area (Å²) in [7, 11) is 0. The van der Waals surface area contributed by atoms with Gasteiger partial charge in [0.05, 0.1) is 6.20 Å². The zero-order chi connectivity index (χ0) is 16.9. The highest BCUT2D eigenvalue weighted by molar-refractivity contribution is 5.55. The van der Waals surface area contributed by atoms with Crippen molar-refractivity contribution in [2.45, 2.75) is 26.8 Å². The van der Waals surface area contributed by atoms with Crippen LogP contribution in [0.3, 0.4) is 0 Å². The van der Waals surface area contributed by atoms with Gasteiger partial charge in [-0.15, -0.1) is 0 Å². The van der Waals surface area contributed by atoms with E-state index < -0.39 is 0 Å². The molecule has 124 valence electrons. The highest BCUT2D eigenvalue weighted by atomic mass is 16.1. The van der Waals surface area contributed by atoms with Gasteiger partial charge in [0.15, 0.2) is 0 Å². The van der Waals surface area contributed by atoms with Crippen molar-refractivity contribution in [3.63, 3.8) is 0 Å². The van der Waals surface area contributed by atoms with E-state index >= 15 is 0 Å². The molecule has 0 saturated carbocycles. The van der Waals surface area contributed by atoms with Crippen LogP contribution in [0.2, 0.25) is 0 Å². The maximum atomic E-state index is 11.5. The topological polar surface area (TPSA) is 88.5 Å². The van der Waals surface area contributed by atoms with E-state index in [1.165, 1.54) is 11.6 Å². The largest absolute Gasteiger partial charge is 0.370 e. The zero-order valence-electron chi connectivity index (χ0n) is 13.8. The van der Waals surface area contributed by atoms with Gasteiger partial charge in [-0.1, -0.05) is 0 Å². The van der Waals surface area contributed by atoms with Crippen LogP contribution in [0.5, 0.6) is 0 Å². The van der Waals surface area contributed by atoms with Crippen molar-refractivity contribution in [3.8, 4) is 11.4 Å². The highest BCUT2D eigenvalue weighted by Crippen LogP contribution is 2.14. The van der Waals surface area contributed by atoms with Crippen LogP contribution in [0.1, 0.15) is 17.7 Å². The summed E-state index contributed by atoms with van der Waals surface area (Å²) >= 11 is 0. The molecule has 0 spiro atoms. The van der Waals surface area contributed by atoms with Crippen molar-refractivity contribution < 1.29 is 0 Å². The van der Waals surface area contributed by atoms with E-state index in [4.69, 9.17) is 0 Å². The van der Waals surface area contributed by atoms with Gasteiger partial charge in [0.25, 0.3) is 5.56 Å². The second-order valence-electron chi connectivity index (χ2n) is 5.73. The van der Waals surface area contributed by atoms with Crippen LogP contribution in [0.4, 0.5) is 5.82 Å². The lowest BCUT2D eigenvalue weighted by atomic mass is 10.2. The molecule has 0 saturated heterocycles. The van der Waals surface area contributed by atoms with E-state index in [0.717, 1.165) is 30.9 Å². The minimum absolute atomic E-state index is 0.159. The van der Waals surface area contributed by atoms with Crippen molar-refractivity contribution in [1.82, 2.24) is 24.7 Å². The van der Waals surface area contributed by atoms with Crippen molar-refractivity contribution in [1.29, 1.82) is 0 Å². The fraction of sp³-hybridized carbons (Fsp3) is 0.294. The first-order valence-electron chi connectivity index (χ1n) is 7.87. The summed E-state index contributed by atoms with van der Waals surface area (Å²) in [4.78, 5) is 22.9. The second kappa shape index (κ2) is 7.08. The molecule has 0 fully saturated rings. The number of H-pyrrole nitrogens is 1. The molecule has 0 aromatic carbocycles. The predicted octanol–water partition coefficient (Wildman–Crippen LogP) is 2.15. The first kappa shape index (κ1) is 15.9. The number of aryl methyl sites for hydroxylation is 3. The summed E-state index contributed by atoms with van der Waals surface area (Å²) in [6, 6.07) is 5.24. The van der Waals surface area contributed by atoms with Gasteiger partial charge in [-0.25, -0.2) is 9.97 Å². The van der Waals surface area contributed by atoms with Crippen LogP contribution in [-0.2, 0) is 6.54 Å². The molecule has 3 rings (SSSR count). The second-order valence-corrected chi connectivity index (χ2v) is 5.73. The molecular formula is C17H20N6O. The minimum atomic E-state index is -0.159. The predicted molar refractivity (Wildman–Crippen MR) is 92.9 cm³/mol. The molecule has 0 aliphatic carbocycles. The van der Waals surface area contributed by atoms with Gasteiger partial charge in [0, 0.05) is 42.8 Å². The number of hydrogen-bond acceptors (Lipinski definition) is 5. The van der Waals surface area contributed by atoms with E-state index in [0.29, 0.717) is 11.5 Å². The van der Waals surface area contributed by atoms with Gasteiger partial charge >= 0.3 is 0 Å². The van der Waals surface area contributed by atoms with Crippen LogP contribution >= 0.6 is 0 Å². The minimum Gasteiger partial charge on any atom is -0.370 e. The third-order valence-electron chi connectivity index (χ3n) is 3.54. The molecule has 3 aromatic heterocycles. The van der Waals surface area contributed by atoms with Crippen LogP contribution in [0.25, 0.3) is 11.4 Å². The number of rotatable bonds is 6. The molecule has 0 unspecified atom stereocenters. The van der Waals surface area contributed by atoms with Gasteiger partial charge < -0.3 is 10.3 Å². The van der Waals surface area contributed by atoms with Crippen LogP contribution in [0, 0.1) is 13.8 Å². The number of nitrogens with zero attached hydrogens (tertiary/aromatic N) is 4. The lowest BCUT2D eigenvalue weighted by Crippen LogP contribution is -2.09. The van der Waals surface area contributed by atoms with Gasteiger partial charge in [0.1, 0.15) is 11.6 Å². The van der Waals surface area contributed by atoms with E-state index in [-0.39, 0.29) is 5.56 Å². The van der Waals surface area contributed by atoms with Crippen LogP contribution in [-0.4, -0.2) is 31.3 Å². The molecule has 0 radical (unpaired) electrons. The number of aromatic nitrogens is 5. The quantitative estimate of drug-likeness (QED) is 0.678. The van der Waals surface area contributed by atoms with E-state index in [1.807, 2.05) is 36.1 Å². The van der Waals surface area contributed by atoms with Crippen molar-refractivity contribution >= 4 is 5.82 Å². The molecular weight excluding hydrogens is 304 g/mol. The normalized spacial score (nSPS) is 10.8. The lowest BCUT2D eigenvalue weighted by molar-refractivity contribution is 0.591. The van der Waals surface area contributed by atoms with Gasteiger partial charge in [-0.05, 0) is 38.0 Å². The smallest absolute Gasteiger partial charge is 0.251 e. The molecule has 0 amide bonds. The Labute approximate surface area is 139 Å². The maximum Gasteiger partial charge on any atom is 0.251 e. The van der Waals surface area contributed by atoms with Gasteiger partial charge in [-0.3, -0.25) is 9.48 Å². The number of nitrogens with one attached hydrogen (secondary N) is 2. The molecule has 0 aliphatic heterocycles. The fourth-order valence-electron chi connectivity index (χ4n) is 2.40. The van der Waals surface area contributed by atoms with Gasteiger partial charge in [0.2, 0.25) is 0 Å². The fourth-order valence-corrected chi connectivity index (χ4v) is 2.40. The Balaban J connectivity index is 1.55. The third kappa shape index (κ3) is 4.07. The number of aromatic amines is 1. The Kier molecular flexibility index (Phi) is 4.69. The van der Waals surface area contributed by atoms with Gasteiger partial charge in [-0.2, -0.15) is 5.10 Å². The summed E-state index contributed by atoms with van der Waals surface area (Å²) in [6.45, 7) is 5.50. The molecule has 0 bridgehead atoms. The highest BCUT2D eigenvalue weighted by Gasteiger charge is 2.03. The number of hydrogen-bond donors (Lipinski definition) is 2. The average molecular weight is 324 g/mol. The Morgan fingerprint density at radius 2 is 2.12 bits per heavy atom. The van der Waals surface area contributed by atoms with Crippen molar-refractivity contribution in [2.75, 3.05) is 11.9 Å².